The van der Waals surface area contributed by atoms with Crippen LogP contribution in [0.15, 0.2) is 11.1 Å². The van der Waals surface area contributed by atoms with Crippen LogP contribution in [0.1, 0.15) is 52.9 Å². The number of hydrogen-bond acceptors (Lipinski definition) is 1. The summed E-state index contributed by atoms with van der Waals surface area (Å²) in [7, 11) is 0. The van der Waals surface area contributed by atoms with Gasteiger partial charge in [0.15, 0.2) is 0 Å². The van der Waals surface area contributed by atoms with Gasteiger partial charge in [-0.3, -0.25) is 0 Å². The standard InChI is InChI=1S/C12H20O2/c1-4-9(11(13)14)10-7-5-6-8-12(10,2)3/h4-8H2,1-3H3,(H,13,14)/b10-9-. The Bertz CT molecular complexity index is 261. The number of carbonyl (C=O) groups is 1. The molecule has 0 aromatic heterocycles. The van der Waals surface area contributed by atoms with Gasteiger partial charge < -0.3 is 5.11 Å². The predicted molar refractivity (Wildman–Crippen MR) is 57.2 cm³/mol. The fraction of sp³-hybridized carbons (Fsp3) is 0.750. The van der Waals surface area contributed by atoms with Gasteiger partial charge in [-0.1, -0.05) is 32.8 Å². The molecule has 0 unspecified atom stereocenters. The van der Waals surface area contributed by atoms with E-state index in [2.05, 4.69) is 13.8 Å². The van der Waals surface area contributed by atoms with E-state index < -0.39 is 5.97 Å². The van der Waals surface area contributed by atoms with Crippen molar-refractivity contribution in [2.75, 3.05) is 0 Å². The van der Waals surface area contributed by atoms with Crippen LogP contribution in [0.3, 0.4) is 0 Å². The molecule has 0 heterocycles. The Morgan fingerprint density at radius 3 is 2.50 bits per heavy atom. The summed E-state index contributed by atoms with van der Waals surface area (Å²) in [5.74, 6) is -0.725. The van der Waals surface area contributed by atoms with Crippen molar-refractivity contribution in [2.24, 2.45) is 5.41 Å². The van der Waals surface area contributed by atoms with E-state index in [0.29, 0.717) is 12.0 Å². The first-order valence-electron chi connectivity index (χ1n) is 5.45. The maximum absolute atomic E-state index is 11.1. The van der Waals surface area contributed by atoms with E-state index in [0.717, 1.165) is 19.3 Å². The van der Waals surface area contributed by atoms with Crippen LogP contribution in [0.2, 0.25) is 0 Å². The highest BCUT2D eigenvalue weighted by Gasteiger charge is 2.30. The van der Waals surface area contributed by atoms with Gasteiger partial charge in [-0.05, 0) is 31.1 Å². The van der Waals surface area contributed by atoms with Gasteiger partial charge in [0.2, 0.25) is 0 Å². The van der Waals surface area contributed by atoms with Crippen molar-refractivity contribution in [3.63, 3.8) is 0 Å². The summed E-state index contributed by atoms with van der Waals surface area (Å²) in [4.78, 5) is 11.1. The molecule has 0 radical (unpaired) electrons. The average Bonchev–Trinajstić information content (AvgIpc) is 2.08. The average molecular weight is 196 g/mol. The largest absolute Gasteiger partial charge is 0.478 e. The molecule has 0 atom stereocenters. The van der Waals surface area contributed by atoms with Gasteiger partial charge in [-0.15, -0.1) is 0 Å². The fourth-order valence-corrected chi connectivity index (χ4v) is 2.41. The minimum atomic E-state index is -0.725. The number of allylic oxidation sites excluding steroid dienone is 1. The Hall–Kier alpha value is -0.790. The van der Waals surface area contributed by atoms with Gasteiger partial charge in [0.05, 0.1) is 0 Å². The van der Waals surface area contributed by atoms with Gasteiger partial charge >= 0.3 is 5.97 Å². The molecule has 0 aromatic rings. The van der Waals surface area contributed by atoms with E-state index in [1.807, 2.05) is 6.92 Å². The van der Waals surface area contributed by atoms with E-state index in [1.165, 1.54) is 12.0 Å². The van der Waals surface area contributed by atoms with Crippen molar-refractivity contribution in [1.82, 2.24) is 0 Å². The van der Waals surface area contributed by atoms with Crippen molar-refractivity contribution in [3.05, 3.63) is 11.1 Å². The molecule has 1 fully saturated rings. The number of carboxylic acid groups (broad SMARTS) is 1. The SMILES string of the molecule is CC/C(C(=O)O)=C1\CCCCC1(C)C. The molecule has 0 aliphatic heterocycles. The second kappa shape index (κ2) is 4.16. The van der Waals surface area contributed by atoms with E-state index in [-0.39, 0.29) is 5.41 Å². The van der Waals surface area contributed by atoms with Gasteiger partial charge in [0.1, 0.15) is 0 Å². The molecule has 2 heteroatoms. The topological polar surface area (TPSA) is 37.3 Å². The highest BCUT2D eigenvalue weighted by Crippen LogP contribution is 2.42. The third kappa shape index (κ3) is 2.17. The van der Waals surface area contributed by atoms with Crippen molar-refractivity contribution in [2.45, 2.75) is 52.9 Å². The molecule has 14 heavy (non-hydrogen) atoms. The van der Waals surface area contributed by atoms with Crippen LogP contribution >= 0.6 is 0 Å². The molecule has 2 nitrogen and oxygen atoms in total. The second-order valence-electron chi connectivity index (χ2n) is 4.71. The number of hydrogen-bond donors (Lipinski definition) is 1. The minimum Gasteiger partial charge on any atom is -0.478 e. The van der Waals surface area contributed by atoms with E-state index in [4.69, 9.17) is 5.11 Å². The first kappa shape index (κ1) is 11.3. The van der Waals surface area contributed by atoms with Crippen molar-refractivity contribution in [3.8, 4) is 0 Å². The van der Waals surface area contributed by atoms with Crippen LogP contribution in [-0.4, -0.2) is 11.1 Å². The monoisotopic (exact) mass is 196 g/mol. The Morgan fingerprint density at radius 1 is 1.43 bits per heavy atom. The normalized spacial score (nSPS) is 24.5. The van der Waals surface area contributed by atoms with Gasteiger partial charge in [-0.25, -0.2) is 4.79 Å². The van der Waals surface area contributed by atoms with Crippen molar-refractivity contribution >= 4 is 5.97 Å². The maximum atomic E-state index is 11.1. The Morgan fingerprint density at radius 2 is 2.07 bits per heavy atom. The lowest BCUT2D eigenvalue weighted by atomic mass is 9.71. The zero-order valence-electron chi connectivity index (χ0n) is 9.39. The lowest BCUT2D eigenvalue weighted by molar-refractivity contribution is -0.133. The number of rotatable bonds is 2. The fourth-order valence-electron chi connectivity index (χ4n) is 2.41. The van der Waals surface area contributed by atoms with E-state index >= 15 is 0 Å². The van der Waals surface area contributed by atoms with Crippen LogP contribution in [0.25, 0.3) is 0 Å². The zero-order chi connectivity index (χ0) is 10.8. The zero-order valence-corrected chi connectivity index (χ0v) is 9.39. The summed E-state index contributed by atoms with van der Waals surface area (Å²) >= 11 is 0. The molecule has 0 aromatic carbocycles. The van der Waals surface area contributed by atoms with Gasteiger partial charge in [0, 0.05) is 5.57 Å². The molecule has 1 aliphatic carbocycles. The summed E-state index contributed by atoms with van der Waals surface area (Å²) in [6.07, 6.45) is 5.12. The molecule has 1 rings (SSSR count). The van der Waals surface area contributed by atoms with Crippen molar-refractivity contribution < 1.29 is 9.90 Å². The molecule has 0 saturated heterocycles. The summed E-state index contributed by atoms with van der Waals surface area (Å²) < 4.78 is 0. The minimum absolute atomic E-state index is 0.0992. The maximum Gasteiger partial charge on any atom is 0.331 e. The van der Waals surface area contributed by atoms with Crippen LogP contribution in [0, 0.1) is 5.41 Å². The first-order valence-corrected chi connectivity index (χ1v) is 5.45. The van der Waals surface area contributed by atoms with E-state index in [9.17, 15) is 4.79 Å². The summed E-state index contributed by atoms with van der Waals surface area (Å²) in [6.45, 7) is 6.27. The Kier molecular flexibility index (Phi) is 3.35. The summed E-state index contributed by atoms with van der Waals surface area (Å²) in [5, 5.41) is 9.10. The predicted octanol–water partition coefficient (Wildman–Crippen LogP) is 3.38. The number of carboxylic acids is 1. The quantitative estimate of drug-likeness (QED) is 0.687. The lowest BCUT2D eigenvalue weighted by Crippen LogP contribution is -2.23. The third-order valence-corrected chi connectivity index (χ3v) is 3.27. The molecule has 0 bridgehead atoms. The molecular weight excluding hydrogens is 176 g/mol. The third-order valence-electron chi connectivity index (χ3n) is 3.27. The second-order valence-corrected chi connectivity index (χ2v) is 4.71. The summed E-state index contributed by atoms with van der Waals surface area (Å²) in [6, 6.07) is 0. The molecule has 1 saturated carbocycles. The molecule has 1 aliphatic rings. The lowest BCUT2D eigenvalue weighted by Gasteiger charge is -2.34. The van der Waals surface area contributed by atoms with Crippen LogP contribution in [0.5, 0.6) is 0 Å². The van der Waals surface area contributed by atoms with Crippen LogP contribution in [-0.2, 0) is 4.79 Å². The Balaban J connectivity index is 3.06. The van der Waals surface area contributed by atoms with Crippen LogP contribution < -0.4 is 0 Å². The molecule has 0 amide bonds. The molecular formula is C12H20O2. The first-order chi connectivity index (χ1) is 6.49. The smallest absolute Gasteiger partial charge is 0.331 e. The number of aliphatic carboxylic acids is 1. The van der Waals surface area contributed by atoms with Crippen LogP contribution in [0.4, 0.5) is 0 Å². The van der Waals surface area contributed by atoms with Gasteiger partial charge in [0.25, 0.3) is 0 Å². The molecule has 80 valence electrons. The van der Waals surface area contributed by atoms with E-state index in [1.54, 1.807) is 0 Å². The highest BCUT2D eigenvalue weighted by atomic mass is 16.4. The highest BCUT2D eigenvalue weighted by molar-refractivity contribution is 5.87. The molecule has 1 N–H and O–H groups in total. The van der Waals surface area contributed by atoms with Crippen molar-refractivity contribution in [1.29, 1.82) is 0 Å². The molecule has 0 spiro atoms. The van der Waals surface area contributed by atoms with Gasteiger partial charge in [-0.2, -0.15) is 0 Å². The Labute approximate surface area is 86.0 Å². The summed E-state index contributed by atoms with van der Waals surface area (Å²) in [5.41, 5.74) is 1.93.